The summed E-state index contributed by atoms with van der Waals surface area (Å²) in [5, 5.41) is 4.09. The topological polar surface area (TPSA) is 29.1 Å². The lowest BCUT2D eigenvalue weighted by molar-refractivity contribution is -0.0000108. The Kier molecular flexibility index (Phi) is 8.95. The first-order chi connectivity index (χ1) is 6.84. The van der Waals surface area contributed by atoms with Crippen molar-refractivity contribution >= 4 is 21.7 Å². The summed E-state index contributed by atoms with van der Waals surface area (Å²) in [4.78, 5) is 11.6. The molecule has 4 heteroatoms. The third-order valence-electron chi connectivity index (χ3n) is 1.90. The van der Waals surface area contributed by atoms with Gasteiger partial charge >= 0.3 is 0 Å². The molecule has 15 heavy (non-hydrogen) atoms. The highest BCUT2D eigenvalue weighted by atomic mass is 79.9. The summed E-state index contributed by atoms with van der Waals surface area (Å²) in [6, 6.07) is 9.40. The molecule has 0 radical (unpaired) electrons. The highest BCUT2D eigenvalue weighted by molar-refractivity contribution is 9.09. The average molecular weight is 336 g/mol. The third-order valence-corrected chi connectivity index (χ3v) is 2.29. The van der Waals surface area contributed by atoms with Gasteiger partial charge in [-0.2, -0.15) is 0 Å². The molecule has 0 aliphatic rings. The lowest BCUT2D eigenvalue weighted by atomic mass is 10.1. The number of alkyl halides is 1. The Labute approximate surface area is 109 Å². The van der Waals surface area contributed by atoms with E-state index in [1.54, 1.807) is 0 Å². The van der Waals surface area contributed by atoms with Crippen LogP contribution >= 0.6 is 15.9 Å². The van der Waals surface area contributed by atoms with Crippen LogP contribution in [0, 0.1) is 0 Å². The molecule has 84 valence electrons. The number of Topliss-reactive ketones (excluding diaryl/α,β-unsaturated/α-hetero) is 1. The third kappa shape index (κ3) is 6.07. The standard InChI is InChI=1S/C11H14BrNO.BrH/c12-7-9-13-8-6-11(14)10-4-2-1-3-5-10;/h1-5,13H,6-9H2;1H/p-1. The Morgan fingerprint density at radius 1 is 1.20 bits per heavy atom. The first kappa shape index (κ1) is 14.8. The molecule has 1 aromatic rings. The molecular formula is C11H14Br2NO-. The summed E-state index contributed by atoms with van der Waals surface area (Å²) in [7, 11) is 0. The average Bonchev–Trinajstić information content (AvgIpc) is 2.25. The monoisotopic (exact) mass is 334 g/mol. The number of carbonyl (C=O) groups excluding carboxylic acids is 1. The highest BCUT2D eigenvalue weighted by Gasteiger charge is 2.03. The van der Waals surface area contributed by atoms with Crippen molar-refractivity contribution in [1.82, 2.24) is 5.32 Å². The number of benzene rings is 1. The minimum atomic E-state index is 0. The largest absolute Gasteiger partial charge is 1.00 e. The molecule has 0 unspecified atom stereocenters. The van der Waals surface area contributed by atoms with Gasteiger partial charge in [0, 0.05) is 30.4 Å². The number of hydrogen-bond acceptors (Lipinski definition) is 2. The van der Waals surface area contributed by atoms with Gasteiger partial charge in [-0.1, -0.05) is 46.3 Å². The Morgan fingerprint density at radius 2 is 1.87 bits per heavy atom. The molecule has 0 amide bonds. The first-order valence-electron chi connectivity index (χ1n) is 4.69. The van der Waals surface area contributed by atoms with E-state index in [2.05, 4.69) is 21.2 Å². The van der Waals surface area contributed by atoms with Crippen LogP contribution < -0.4 is 22.3 Å². The number of hydrogen-bond donors (Lipinski definition) is 1. The van der Waals surface area contributed by atoms with Crippen molar-refractivity contribution in [2.45, 2.75) is 6.42 Å². The fourth-order valence-electron chi connectivity index (χ4n) is 1.16. The Balaban J connectivity index is 0.00000196. The fraction of sp³-hybridized carbons (Fsp3) is 0.364. The van der Waals surface area contributed by atoms with E-state index in [0.29, 0.717) is 6.42 Å². The van der Waals surface area contributed by atoms with Crippen molar-refractivity contribution in [2.24, 2.45) is 0 Å². The maximum atomic E-state index is 11.6. The zero-order valence-corrected chi connectivity index (χ0v) is 11.6. The van der Waals surface area contributed by atoms with Crippen LogP contribution in [-0.4, -0.2) is 24.2 Å². The molecule has 0 aromatic heterocycles. The van der Waals surface area contributed by atoms with Crippen LogP contribution in [0.5, 0.6) is 0 Å². The van der Waals surface area contributed by atoms with Crippen LogP contribution in [0.4, 0.5) is 0 Å². The molecule has 0 aliphatic heterocycles. The highest BCUT2D eigenvalue weighted by Crippen LogP contribution is 2.01. The van der Waals surface area contributed by atoms with Crippen LogP contribution in [0.1, 0.15) is 16.8 Å². The molecule has 0 bridgehead atoms. The number of nitrogens with one attached hydrogen (secondary N) is 1. The summed E-state index contributed by atoms with van der Waals surface area (Å²) < 4.78 is 0. The second kappa shape index (κ2) is 9.07. The van der Waals surface area contributed by atoms with E-state index in [1.165, 1.54) is 0 Å². The normalized spacial score (nSPS) is 9.40. The molecule has 1 aromatic carbocycles. The molecule has 0 saturated carbocycles. The molecule has 2 nitrogen and oxygen atoms in total. The van der Waals surface area contributed by atoms with Gasteiger partial charge in [-0.3, -0.25) is 4.79 Å². The quantitative estimate of drug-likeness (QED) is 0.421. The van der Waals surface area contributed by atoms with Crippen LogP contribution in [0.2, 0.25) is 0 Å². The number of ketones is 1. The van der Waals surface area contributed by atoms with Crippen molar-refractivity contribution < 1.29 is 21.8 Å². The molecule has 0 saturated heterocycles. The van der Waals surface area contributed by atoms with Crippen molar-refractivity contribution in [2.75, 3.05) is 18.4 Å². The number of carbonyl (C=O) groups is 1. The number of rotatable bonds is 6. The van der Waals surface area contributed by atoms with Gasteiger partial charge in [0.2, 0.25) is 0 Å². The van der Waals surface area contributed by atoms with Crippen LogP contribution in [0.25, 0.3) is 0 Å². The Bertz CT molecular complexity index is 277. The van der Waals surface area contributed by atoms with E-state index < -0.39 is 0 Å². The van der Waals surface area contributed by atoms with E-state index >= 15 is 0 Å². The van der Waals surface area contributed by atoms with E-state index in [-0.39, 0.29) is 22.8 Å². The van der Waals surface area contributed by atoms with E-state index in [1.807, 2.05) is 30.3 Å². The Hall–Kier alpha value is -0.190. The van der Waals surface area contributed by atoms with Gasteiger partial charge in [0.25, 0.3) is 0 Å². The van der Waals surface area contributed by atoms with Gasteiger partial charge in [0.05, 0.1) is 0 Å². The van der Waals surface area contributed by atoms with Gasteiger partial charge in [-0.05, 0) is 0 Å². The molecule has 0 atom stereocenters. The second-order valence-corrected chi connectivity index (χ2v) is 3.77. The predicted octanol–water partition coefficient (Wildman–Crippen LogP) is -0.752. The minimum Gasteiger partial charge on any atom is -1.00 e. The maximum Gasteiger partial charge on any atom is 0.164 e. The van der Waals surface area contributed by atoms with Crippen molar-refractivity contribution in [3.63, 3.8) is 0 Å². The zero-order valence-electron chi connectivity index (χ0n) is 8.38. The van der Waals surface area contributed by atoms with Gasteiger partial charge in [0.1, 0.15) is 0 Å². The predicted molar refractivity (Wildman–Crippen MR) is 62.1 cm³/mol. The zero-order chi connectivity index (χ0) is 10.2. The van der Waals surface area contributed by atoms with E-state index in [4.69, 9.17) is 0 Å². The summed E-state index contributed by atoms with van der Waals surface area (Å²) in [5.41, 5.74) is 0.799. The number of halogens is 2. The van der Waals surface area contributed by atoms with Gasteiger partial charge in [0.15, 0.2) is 5.78 Å². The van der Waals surface area contributed by atoms with Gasteiger partial charge in [-0.25, -0.2) is 0 Å². The van der Waals surface area contributed by atoms with Crippen molar-refractivity contribution in [3.8, 4) is 0 Å². The smallest absolute Gasteiger partial charge is 0.164 e. The Morgan fingerprint density at radius 3 is 2.47 bits per heavy atom. The van der Waals surface area contributed by atoms with E-state index in [9.17, 15) is 4.79 Å². The molecule has 0 fully saturated rings. The summed E-state index contributed by atoms with van der Waals surface area (Å²) in [6.45, 7) is 1.65. The van der Waals surface area contributed by atoms with Crippen molar-refractivity contribution in [3.05, 3.63) is 35.9 Å². The fourth-order valence-corrected chi connectivity index (χ4v) is 1.44. The molecule has 0 spiro atoms. The SMILES string of the molecule is O=C(CCNCCBr)c1ccccc1.[Br-]. The van der Waals surface area contributed by atoms with Gasteiger partial charge in [-0.15, -0.1) is 0 Å². The summed E-state index contributed by atoms with van der Waals surface area (Å²) in [5.74, 6) is 0.202. The molecule has 0 aliphatic carbocycles. The maximum absolute atomic E-state index is 11.6. The molecule has 0 heterocycles. The first-order valence-corrected chi connectivity index (χ1v) is 5.81. The van der Waals surface area contributed by atoms with Crippen LogP contribution in [-0.2, 0) is 0 Å². The molecule has 1 rings (SSSR count). The van der Waals surface area contributed by atoms with Crippen LogP contribution in [0.3, 0.4) is 0 Å². The second-order valence-electron chi connectivity index (χ2n) is 2.98. The van der Waals surface area contributed by atoms with Gasteiger partial charge < -0.3 is 22.3 Å². The summed E-state index contributed by atoms with van der Waals surface area (Å²) in [6.07, 6.45) is 0.566. The van der Waals surface area contributed by atoms with Crippen molar-refractivity contribution in [1.29, 1.82) is 0 Å². The van der Waals surface area contributed by atoms with Crippen LogP contribution in [0.15, 0.2) is 30.3 Å². The summed E-state index contributed by atoms with van der Waals surface area (Å²) >= 11 is 3.31. The lowest BCUT2D eigenvalue weighted by Crippen LogP contribution is -3.00. The lowest BCUT2D eigenvalue weighted by Gasteiger charge is -2.01. The molecule has 1 N–H and O–H groups in total. The minimum absolute atomic E-state index is 0. The van der Waals surface area contributed by atoms with E-state index in [0.717, 1.165) is 24.0 Å². The molecular weight excluding hydrogens is 322 g/mol.